The first-order chi connectivity index (χ1) is 10.6. The molecular weight excluding hydrogens is 314 g/mol. The first-order valence-corrected chi connectivity index (χ1v) is 8.05. The molecule has 1 saturated heterocycles. The summed E-state index contributed by atoms with van der Waals surface area (Å²) < 4.78 is 5.68. The molecule has 0 unspecified atom stereocenters. The average molecular weight is 342 g/mol. The lowest BCUT2D eigenvalue weighted by atomic mass is 10.1. The summed E-state index contributed by atoms with van der Waals surface area (Å²) in [5, 5.41) is 6.28. The summed E-state index contributed by atoms with van der Waals surface area (Å²) in [5.41, 5.74) is 2.33. The second-order valence-electron chi connectivity index (χ2n) is 5.81. The fraction of sp³-hybridized carbons (Fsp3) is 0.588. The zero-order chi connectivity index (χ0) is 15.8. The van der Waals surface area contributed by atoms with Crippen molar-refractivity contribution in [1.82, 2.24) is 15.5 Å². The zero-order valence-corrected chi connectivity index (χ0v) is 14.9. The molecule has 0 aliphatic carbocycles. The van der Waals surface area contributed by atoms with E-state index in [0.717, 1.165) is 44.0 Å². The molecule has 0 aromatic heterocycles. The van der Waals surface area contributed by atoms with E-state index in [0.29, 0.717) is 19.6 Å². The maximum Gasteiger partial charge on any atom is 0.223 e. The van der Waals surface area contributed by atoms with Crippen molar-refractivity contribution in [2.75, 3.05) is 45.9 Å². The van der Waals surface area contributed by atoms with E-state index in [9.17, 15) is 4.79 Å². The second-order valence-corrected chi connectivity index (χ2v) is 5.81. The Morgan fingerprint density at radius 3 is 2.74 bits per heavy atom. The molecule has 23 heavy (non-hydrogen) atoms. The van der Waals surface area contributed by atoms with Gasteiger partial charge in [0.1, 0.15) is 5.75 Å². The van der Waals surface area contributed by atoms with E-state index in [2.05, 4.69) is 28.5 Å². The second kappa shape index (κ2) is 10.5. The molecular formula is C17H28ClN3O2. The van der Waals surface area contributed by atoms with Crippen LogP contribution in [0.5, 0.6) is 5.75 Å². The molecule has 130 valence electrons. The van der Waals surface area contributed by atoms with Crippen LogP contribution >= 0.6 is 12.4 Å². The zero-order valence-electron chi connectivity index (χ0n) is 14.1. The van der Waals surface area contributed by atoms with Crippen LogP contribution in [-0.2, 0) is 4.79 Å². The van der Waals surface area contributed by atoms with Crippen LogP contribution in [0.15, 0.2) is 18.2 Å². The predicted molar refractivity (Wildman–Crippen MR) is 95.6 cm³/mol. The highest BCUT2D eigenvalue weighted by molar-refractivity contribution is 5.85. The van der Waals surface area contributed by atoms with Gasteiger partial charge in [0.2, 0.25) is 5.91 Å². The number of nitrogens with zero attached hydrogens (tertiary/aromatic N) is 1. The molecule has 2 rings (SSSR count). The van der Waals surface area contributed by atoms with Gasteiger partial charge in [-0.3, -0.25) is 9.69 Å². The highest BCUT2D eigenvalue weighted by Gasteiger charge is 2.09. The number of carbonyl (C=O) groups excluding carboxylic acids is 1. The monoisotopic (exact) mass is 341 g/mol. The van der Waals surface area contributed by atoms with Crippen LogP contribution in [0.1, 0.15) is 17.5 Å². The number of rotatable bonds is 7. The van der Waals surface area contributed by atoms with Crippen molar-refractivity contribution in [3.05, 3.63) is 29.3 Å². The number of carbonyl (C=O) groups is 1. The molecule has 0 atom stereocenters. The third kappa shape index (κ3) is 7.20. The van der Waals surface area contributed by atoms with E-state index in [1.165, 1.54) is 5.56 Å². The van der Waals surface area contributed by atoms with E-state index in [1.807, 2.05) is 19.1 Å². The van der Waals surface area contributed by atoms with Gasteiger partial charge >= 0.3 is 0 Å². The minimum absolute atomic E-state index is 0. The Balaban J connectivity index is 0.00000264. The van der Waals surface area contributed by atoms with Gasteiger partial charge in [-0.2, -0.15) is 0 Å². The SMILES string of the molecule is Cc1ccc(OCCC(=O)NCCN2CCNCC2)c(C)c1.Cl. The lowest BCUT2D eigenvalue weighted by Gasteiger charge is -2.27. The van der Waals surface area contributed by atoms with Crippen LogP contribution in [0.2, 0.25) is 0 Å². The van der Waals surface area contributed by atoms with Crippen molar-refractivity contribution >= 4 is 18.3 Å². The van der Waals surface area contributed by atoms with Crippen molar-refractivity contribution in [1.29, 1.82) is 0 Å². The normalized spacial score (nSPS) is 14.9. The molecule has 0 spiro atoms. The third-order valence-electron chi connectivity index (χ3n) is 3.88. The Hall–Kier alpha value is -1.30. The van der Waals surface area contributed by atoms with Crippen molar-refractivity contribution in [2.45, 2.75) is 20.3 Å². The number of amides is 1. The number of nitrogens with one attached hydrogen (secondary N) is 2. The van der Waals surface area contributed by atoms with Crippen molar-refractivity contribution in [2.24, 2.45) is 0 Å². The molecule has 1 amide bonds. The maximum atomic E-state index is 11.8. The van der Waals surface area contributed by atoms with E-state index in [4.69, 9.17) is 4.74 Å². The predicted octanol–water partition coefficient (Wildman–Crippen LogP) is 1.52. The van der Waals surface area contributed by atoms with Gasteiger partial charge in [0.05, 0.1) is 13.0 Å². The number of hydrogen-bond donors (Lipinski definition) is 2. The summed E-state index contributed by atoms with van der Waals surface area (Å²) in [7, 11) is 0. The van der Waals surface area contributed by atoms with E-state index in [-0.39, 0.29) is 18.3 Å². The Bertz CT molecular complexity index is 491. The van der Waals surface area contributed by atoms with E-state index in [1.54, 1.807) is 0 Å². The van der Waals surface area contributed by atoms with Gasteiger partial charge in [-0.05, 0) is 25.5 Å². The van der Waals surface area contributed by atoms with Crippen LogP contribution in [0.4, 0.5) is 0 Å². The molecule has 6 heteroatoms. The van der Waals surface area contributed by atoms with Gasteiger partial charge in [0, 0.05) is 39.3 Å². The molecule has 0 bridgehead atoms. The quantitative estimate of drug-likeness (QED) is 0.789. The largest absolute Gasteiger partial charge is 0.493 e. The Morgan fingerprint density at radius 2 is 2.04 bits per heavy atom. The molecule has 1 aromatic rings. The molecule has 0 saturated carbocycles. The first kappa shape index (κ1) is 19.7. The lowest BCUT2D eigenvalue weighted by Crippen LogP contribution is -2.46. The van der Waals surface area contributed by atoms with Crippen LogP contribution < -0.4 is 15.4 Å². The molecule has 1 aliphatic heterocycles. The van der Waals surface area contributed by atoms with Crippen molar-refractivity contribution < 1.29 is 9.53 Å². The molecule has 1 fully saturated rings. The van der Waals surface area contributed by atoms with Gasteiger partial charge in [0.15, 0.2) is 0 Å². The molecule has 0 radical (unpaired) electrons. The van der Waals surface area contributed by atoms with Crippen LogP contribution in [0.3, 0.4) is 0 Å². The molecule has 1 aliphatic rings. The topological polar surface area (TPSA) is 53.6 Å². The number of ether oxygens (including phenoxy) is 1. The van der Waals surface area contributed by atoms with Crippen LogP contribution in [0.25, 0.3) is 0 Å². The third-order valence-corrected chi connectivity index (χ3v) is 3.88. The maximum absolute atomic E-state index is 11.8. The molecule has 1 heterocycles. The summed E-state index contributed by atoms with van der Waals surface area (Å²) >= 11 is 0. The number of aryl methyl sites for hydroxylation is 2. The van der Waals surface area contributed by atoms with Crippen molar-refractivity contribution in [3.63, 3.8) is 0 Å². The summed E-state index contributed by atoms with van der Waals surface area (Å²) in [6.07, 6.45) is 0.398. The highest BCUT2D eigenvalue weighted by atomic mass is 35.5. The summed E-state index contributed by atoms with van der Waals surface area (Å²) in [4.78, 5) is 14.2. The first-order valence-electron chi connectivity index (χ1n) is 8.05. The molecule has 2 N–H and O–H groups in total. The Kier molecular flexibility index (Phi) is 8.99. The Labute approximate surface area is 145 Å². The summed E-state index contributed by atoms with van der Waals surface area (Å²) in [6, 6.07) is 6.08. The summed E-state index contributed by atoms with van der Waals surface area (Å²) in [6.45, 7) is 10.3. The number of halogens is 1. The van der Waals surface area contributed by atoms with Gasteiger partial charge in [-0.25, -0.2) is 0 Å². The number of piperazine rings is 1. The van der Waals surface area contributed by atoms with Crippen LogP contribution in [-0.4, -0.2) is 56.7 Å². The lowest BCUT2D eigenvalue weighted by molar-refractivity contribution is -0.121. The molecule has 1 aromatic carbocycles. The standard InChI is InChI=1S/C17H27N3O2.ClH/c1-14-3-4-16(15(2)13-14)22-12-5-17(21)19-8-11-20-9-6-18-7-10-20;/h3-4,13,18H,5-12H2,1-2H3,(H,19,21);1H. The van der Waals surface area contributed by atoms with Gasteiger partial charge in [0.25, 0.3) is 0 Å². The number of hydrogen-bond acceptors (Lipinski definition) is 4. The van der Waals surface area contributed by atoms with Crippen molar-refractivity contribution in [3.8, 4) is 5.75 Å². The van der Waals surface area contributed by atoms with Gasteiger partial charge in [-0.1, -0.05) is 17.7 Å². The van der Waals surface area contributed by atoms with E-state index < -0.39 is 0 Å². The average Bonchev–Trinajstić information content (AvgIpc) is 2.50. The molecule has 5 nitrogen and oxygen atoms in total. The fourth-order valence-electron chi connectivity index (χ4n) is 2.59. The smallest absolute Gasteiger partial charge is 0.223 e. The van der Waals surface area contributed by atoms with E-state index >= 15 is 0 Å². The summed E-state index contributed by atoms with van der Waals surface area (Å²) in [5.74, 6) is 0.916. The minimum atomic E-state index is 0. The van der Waals surface area contributed by atoms with Crippen LogP contribution in [0, 0.1) is 13.8 Å². The number of benzene rings is 1. The highest BCUT2D eigenvalue weighted by Crippen LogP contribution is 2.18. The minimum Gasteiger partial charge on any atom is -0.493 e. The Morgan fingerprint density at radius 1 is 1.30 bits per heavy atom. The van der Waals surface area contributed by atoms with Gasteiger partial charge in [-0.15, -0.1) is 12.4 Å². The van der Waals surface area contributed by atoms with Gasteiger partial charge < -0.3 is 15.4 Å². The fourth-order valence-corrected chi connectivity index (χ4v) is 2.59.